The molecule has 0 aliphatic carbocycles. The molecule has 0 fully saturated rings. The van der Waals surface area contributed by atoms with Gasteiger partial charge in [-0.1, -0.05) is 25.5 Å². The zero-order valence-corrected chi connectivity index (χ0v) is 13.0. The van der Waals surface area contributed by atoms with Crippen molar-refractivity contribution in [2.24, 2.45) is 0 Å². The van der Waals surface area contributed by atoms with Gasteiger partial charge in [0, 0.05) is 16.7 Å². The quantitative estimate of drug-likeness (QED) is 0.765. The number of nitrogens with one attached hydrogen (secondary N) is 1. The molecule has 0 heterocycles. The highest BCUT2D eigenvalue weighted by Crippen LogP contribution is 2.13. The van der Waals surface area contributed by atoms with Crippen LogP contribution in [-0.2, 0) is 11.2 Å². The molecule has 1 aromatic rings. The minimum Gasteiger partial charge on any atom is -0.380 e. The van der Waals surface area contributed by atoms with Crippen LogP contribution in [0.4, 0.5) is 0 Å². The van der Waals surface area contributed by atoms with Crippen LogP contribution >= 0.6 is 22.6 Å². The third-order valence-corrected chi connectivity index (χ3v) is 3.78. The number of hydrogen-bond acceptors (Lipinski definition) is 2. The number of halogens is 1. The Hall–Kier alpha value is -0.130. The van der Waals surface area contributed by atoms with Crippen molar-refractivity contribution in [3.8, 4) is 0 Å². The molecule has 96 valence electrons. The van der Waals surface area contributed by atoms with E-state index >= 15 is 0 Å². The van der Waals surface area contributed by atoms with Crippen molar-refractivity contribution in [3.05, 3.63) is 33.4 Å². The van der Waals surface area contributed by atoms with Crippen LogP contribution < -0.4 is 5.32 Å². The number of ether oxygens (including phenoxy) is 1. The molecule has 0 aliphatic rings. The maximum Gasteiger partial charge on any atom is 0.0727 e. The second kappa shape index (κ2) is 8.06. The summed E-state index contributed by atoms with van der Waals surface area (Å²) in [5.41, 5.74) is 1.36. The van der Waals surface area contributed by atoms with E-state index in [1.165, 1.54) is 9.13 Å². The zero-order chi connectivity index (χ0) is 12.7. The molecule has 1 rings (SSSR count). The lowest BCUT2D eigenvalue weighted by Crippen LogP contribution is -2.40. The third kappa shape index (κ3) is 4.94. The summed E-state index contributed by atoms with van der Waals surface area (Å²) in [6, 6.07) is 9.10. The van der Waals surface area contributed by atoms with Gasteiger partial charge in [-0.05, 0) is 60.2 Å². The number of likely N-dealkylation sites (N-methyl/N-ethyl adjacent to an activating group) is 1. The first-order valence-electron chi connectivity index (χ1n) is 6.15. The van der Waals surface area contributed by atoms with E-state index in [9.17, 15) is 0 Å². The van der Waals surface area contributed by atoms with Crippen LogP contribution in [0.5, 0.6) is 0 Å². The van der Waals surface area contributed by atoms with Gasteiger partial charge in [-0.25, -0.2) is 0 Å². The van der Waals surface area contributed by atoms with Gasteiger partial charge in [0.15, 0.2) is 0 Å². The summed E-state index contributed by atoms with van der Waals surface area (Å²) < 4.78 is 6.86. The summed E-state index contributed by atoms with van der Waals surface area (Å²) in [5, 5.41) is 3.37. The van der Waals surface area contributed by atoms with Crippen LogP contribution in [0.15, 0.2) is 24.3 Å². The first-order chi connectivity index (χ1) is 8.21. The minimum absolute atomic E-state index is 0.296. The van der Waals surface area contributed by atoms with Gasteiger partial charge in [0.05, 0.1) is 6.10 Å². The van der Waals surface area contributed by atoms with Crippen LogP contribution in [0.2, 0.25) is 0 Å². The number of benzene rings is 1. The van der Waals surface area contributed by atoms with Gasteiger partial charge in [-0.15, -0.1) is 0 Å². The molecule has 3 heteroatoms. The molecule has 0 radical (unpaired) electrons. The van der Waals surface area contributed by atoms with Gasteiger partial charge in [-0.2, -0.15) is 0 Å². The van der Waals surface area contributed by atoms with Crippen LogP contribution in [0.25, 0.3) is 0 Å². The fourth-order valence-corrected chi connectivity index (χ4v) is 2.42. The van der Waals surface area contributed by atoms with Crippen LogP contribution in [0.1, 0.15) is 25.3 Å². The van der Waals surface area contributed by atoms with Gasteiger partial charge < -0.3 is 10.1 Å². The molecule has 2 nitrogen and oxygen atoms in total. The summed E-state index contributed by atoms with van der Waals surface area (Å²) in [7, 11) is 3.82. The molecule has 0 bridgehead atoms. The lowest BCUT2D eigenvalue weighted by molar-refractivity contribution is 0.0633. The topological polar surface area (TPSA) is 21.3 Å². The lowest BCUT2D eigenvalue weighted by Gasteiger charge is -2.25. The first-order valence-corrected chi connectivity index (χ1v) is 7.23. The van der Waals surface area contributed by atoms with Crippen molar-refractivity contribution in [3.63, 3.8) is 0 Å². The monoisotopic (exact) mass is 347 g/mol. The van der Waals surface area contributed by atoms with Crippen molar-refractivity contribution in [1.82, 2.24) is 5.32 Å². The average molecular weight is 347 g/mol. The molecular weight excluding hydrogens is 325 g/mol. The van der Waals surface area contributed by atoms with E-state index in [1.807, 2.05) is 7.05 Å². The highest BCUT2D eigenvalue weighted by Gasteiger charge is 2.18. The number of hydrogen-bond donors (Lipinski definition) is 1. The van der Waals surface area contributed by atoms with Crippen molar-refractivity contribution < 1.29 is 4.74 Å². The standard InChI is InChI=1S/C14H22INO/c1-4-5-14(17-3)13(16-2)10-11-6-8-12(15)9-7-11/h6-9,13-14,16H,4-5,10H2,1-3H3. The number of methoxy groups -OCH3 is 1. The van der Waals surface area contributed by atoms with Crippen molar-refractivity contribution in [2.75, 3.05) is 14.2 Å². The maximum atomic E-state index is 5.58. The van der Waals surface area contributed by atoms with E-state index in [2.05, 4.69) is 59.1 Å². The SMILES string of the molecule is CCCC(OC)C(Cc1ccc(I)cc1)NC. The molecule has 0 amide bonds. The fraction of sp³-hybridized carbons (Fsp3) is 0.571. The summed E-state index contributed by atoms with van der Waals surface area (Å²) in [5.74, 6) is 0. The molecule has 0 spiro atoms. The molecule has 1 aromatic carbocycles. The Labute approximate surface area is 118 Å². The molecular formula is C14H22INO. The zero-order valence-electron chi connectivity index (χ0n) is 10.9. The minimum atomic E-state index is 0.296. The molecule has 2 unspecified atom stereocenters. The molecule has 0 aromatic heterocycles. The van der Waals surface area contributed by atoms with Gasteiger partial charge in [0.1, 0.15) is 0 Å². The summed E-state index contributed by atoms with van der Waals surface area (Å²) in [6.07, 6.45) is 3.58. The Morgan fingerprint density at radius 1 is 1.29 bits per heavy atom. The van der Waals surface area contributed by atoms with Crippen LogP contribution in [-0.4, -0.2) is 26.3 Å². The predicted octanol–water partition coefficient (Wildman–Crippen LogP) is 3.24. The van der Waals surface area contributed by atoms with E-state index in [0.717, 1.165) is 19.3 Å². The summed E-state index contributed by atoms with van der Waals surface area (Å²) in [6.45, 7) is 2.20. The van der Waals surface area contributed by atoms with Gasteiger partial charge in [-0.3, -0.25) is 0 Å². The van der Waals surface area contributed by atoms with Gasteiger partial charge in [0.25, 0.3) is 0 Å². The van der Waals surface area contributed by atoms with Crippen LogP contribution in [0.3, 0.4) is 0 Å². The third-order valence-electron chi connectivity index (χ3n) is 3.06. The second-order valence-electron chi connectivity index (χ2n) is 4.29. The first kappa shape index (κ1) is 14.9. The van der Waals surface area contributed by atoms with E-state index in [4.69, 9.17) is 4.74 Å². The average Bonchev–Trinajstić information content (AvgIpc) is 2.36. The van der Waals surface area contributed by atoms with E-state index in [1.54, 1.807) is 7.11 Å². The van der Waals surface area contributed by atoms with Crippen molar-refractivity contribution >= 4 is 22.6 Å². The predicted molar refractivity (Wildman–Crippen MR) is 81.4 cm³/mol. The Morgan fingerprint density at radius 3 is 2.41 bits per heavy atom. The molecule has 0 aliphatic heterocycles. The normalized spacial score (nSPS) is 14.6. The smallest absolute Gasteiger partial charge is 0.0727 e. The van der Waals surface area contributed by atoms with Crippen LogP contribution in [0, 0.1) is 3.57 Å². The lowest BCUT2D eigenvalue weighted by atomic mass is 9.98. The Morgan fingerprint density at radius 2 is 1.94 bits per heavy atom. The molecule has 0 saturated heterocycles. The highest BCUT2D eigenvalue weighted by molar-refractivity contribution is 14.1. The second-order valence-corrected chi connectivity index (χ2v) is 5.53. The Balaban J connectivity index is 2.64. The molecule has 1 N–H and O–H groups in total. The number of rotatable bonds is 7. The summed E-state index contributed by atoms with van der Waals surface area (Å²) in [4.78, 5) is 0. The van der Waals surface area contributed by atoms with E-state index in [0.29, 0.717) is 12.1 Å². The van der Waals surface area contributed by atoms with Gasteiger partial charge >= 0.3 is 0 Å². The van der Waals surface area contributed by atoms with Crippen molar-refractivity contribution in [1.29, 1.82) is 0 Å². The Kier molecular flexibility index (Phi) is 7.08. The molecule has 2 atom stereocenters. The molecule has 0 saturated carbocycles. The fourth-order valence-electron chi connectivity index (χ4n) is 2.06. The summed E-state index contributed by atoms with van der Waals surface area (Å²) >= 11 is 2.33. The maximum absolute atomic E-state index is 5.58. The van der Waals surface area contributed by atoms with Gasteiger partial charge in [0.2, 0.25) is 0 Å². The van der Waals surface area contributed by atoms with E-state index in [-0.39, 0.29) is 0 Å². The molecule has 17 heavy (non-hydrogen) atoms. The van der Waals surface area contributed by atoms with Crippen molar-refractivity contribution in [2.45, 2.75) is 38.3 Å². The largest absolute Gasteiger partial charge is 0.380 e. The Bertz CT molecular complexity index is 313. The highest BCUT2D eigenvalue weighted by atomic mass is 127. The van der Waals surface area contributed by atoms with E-state index < -0.39 is 0 Å².